The molecule has 3 aromatic rings. The van der Waals surface area contributed by atoms with Crippen LogP contribution in [0.4, 0.5) is 4.39 Å². The van der Waals surface area contributed by atoms with Crippen molar-refractivity contribution in [2.75, 3.05) is 27.2 Å². The predicted octanol–water partition coefficient (Wildman–Crippen LogP) is 3.31. The lowest BCUT2D eigenvalue weighted by Crippen LogP contribution is -2.40. The van der Waals surface area contributed by atoms with Crippen molar-refractivity contribution in [2.24, 2.45) is 0 Å². The number of hydrogen-bond donors (Lipinski definition) is 0. The zero-order valence-electron chi connectivity index (χ0n) is 20.5. The van der Waals surface area contributed by atoms with E-state index in [2.05, 4.69) is 9.97 Å². The third kappa shape index (κ3) is 3.60. The van der Waals surface area contributed by atoms with Gasteiger partial charge in [-0.15, -0.1) is 0 Å². The molecule has 4 heterocycles. The van der Waals surface area contributed by atoms with Crippen LogP contribution < -0.4 is 0 Å². The lowest BCUT2D eigenvalue weighted by Gasteiger charge is -2.27. The average molecular weight is 501 g/mol. The number of pyridine rings is 2. The largest absolute Gasteiger partial charge is 0.449 e. The normalized spacial score (nSPS) is 21.1. The van der Waals surface area contributed by atoms with E-state index in [1.54, 1.807) is 61.7 Å². The van der Waals surface area contributed by atoms with Gasteiger partial charge in [0.1, 0.15) is 11.5 Å². The maximum absolute atomic E-state index is 15.4. The second-order valence-electron chi connectivity index (χ2n) is 10.2. The molecule has 8 nitrogen and oxygen atoms in total. The van der Waals surface area contributed by atoms with Gasteiger partial charge in [0.2, 0.25) is 5.91 Å². The predicted molar refractivity (Wildman–Crippen MR) is 131 cm³/mol. The Morgan fingerprint density at radius 3 is 2.49 bits per heavy atom. The average Bonchev–Trinajstić information content (AvgIpc) is 3.52. The highest BCUT2D eigenvalue weighted by molar-refractivity contribution is 5.96. The van der Waals surface area contributed by atoms with E-state index in [9.17, 15) is 14.4 Å². The van der Waals surface area contributed by atoms with Crippen molar-refractivity contribution in [1.82, 2.24) is 19.8 Å². The number of fused-ring (bicyclic) bond motifs is 2. The summed E-state index contributed by atoms with van der Waals surface area (Å²) in [6.45, 7) is 0.679. The number of halogens is 1. The molecule has 37 heavy (non-hydrogen) atoms. The maximum atomic E-state index is 15.4. The Kier molecular flexibility index (Phi) is 5.15. The third-order valence-corrected chi connectivity index (χ3v) is 7.71. The molecule has 1 saturated heterocycles. The van der Waals surface area contributed by atoms with Crippen LogP contribution in [0.5, 0.6) is 0 Å². The summed E-state index contributed by atoms with van der Waals surface area (Å²) in [5, 5.41) is 0. The molecule has 1 saturated carbocycles. The van der Waals surface area contributed by atoms with Crippen LogP contribution in [0.15, 0.2) is 55.0 Å². The quantitative estimate of drug-likeness (QED) is 0.511. The Morgan fingerprint density at radius 2 is 1.81 bits per heavy atom. The molecule has 9 heteroatoms. The van der Waals surface area contributed by atoms with Gasteiger partial charge in [-0.2, -0.15) is 0 Å². The van der Waals surface area contributed by atoms with Gasteiger partial charge in [0.25, 0.3) is 5.91 Å². The standard InChI is InChI=1S/C28H25FN4O4/c1-32(2)24(34)23-6-4-18(14-31-23)17-3-5-21(22(29)13-17)27(8-9-27)26(36)33-12-10-28(16-33)20-7-11-30-15-19(20)25(35)37-28/h3-7,11,13-15H,8-10,12,16H2,1-2H3/t28-/m0/s1. The number of ether oxygens (including phenoxy) is 1. The summed E-state index contributed by atoms with van der Waals surface area (Å²) >= 11 is 0. The number of likely N-dealkylation sites (tertiary alicyclic amines) is 1. The fourth-order valence-corrected chi connectivity index (χ4v) is 5.53. The molecular weight excluding hydrogens is 475 g/mol. The van der Waals surface area contributed by atoms with E-state index in [0.29, 0.717) is 53.8 Å². The third-order valence-electron chi connectivity index (χ3n) is 7.71. The maximum Gasteiger partial charge on any atom is 0.341 e. The molecular formula is C28H25FN4O4. The number of hydrogen-bond acceptors (Lipinski definition) is 6. The van der Waals surface area contributed by atoms with E-state index in [4.69, 9.17) is 4.74 Å². The minimum absolute atomic E-state index is 0.136. The van der Waals surface area contributed by atoms with Crippen LogP contribution in [0.3, 0.4) is 0 Å². The Bertz CT molecular complexity index is 1450. The first-order chi connectivity index (χ1) is 17.7. The van der Waals surface area contributed by atoms with E-state index < -0.39 is 22.8 Å². The molecule has 188 valence electrons. The van der Waals surface area contributed by atoms with Gasteiger partial charge in [-0.1, -0.05) is 18.2 Å². The molecule has 2 aromatic heterocycles. The molecule has 6 rings (SSSR count). The number of carbonyl (C=O) groups excluding carboxylic acids is 3. The van der Waals surface area contributed by atoms with Crippen molar-refractivity contribution in [2.45, 2.75) is 30.3 Å². The summed E-state index contributed by atoms with van der Waals surface area (Å²) in [6, 6.07) is 10.00. The molecule has 0 radical (unpaired) electrons. The van der Waals surface area contributed by atoms with Crippen LogP contribution in [-0.4, -0.2) is 64.7 Å². The lowest BCUT2D eigenvalue weighted by molar-refractivity contribution is -0.134. The second-order valence-corrected chi connectivity index (χ2v) is 10.2. The number of carbonyl (C=O) groups is 3. The van der Waals surface area contributed by atoms with Gasteiger partial charge in [-0.3, -0.25) is 19.6 Å². The van der Waals surface area contributed by atoms with E-state index in [1.165, 1.54) is 17.2 Å². The van der Waals surface area contributed by atoms with Gasteiger partial charge in [0.15, 0.2) is 5.60 Å². The van der Waals surface area contributed by atoms with E-state index in [-0.39, 0.29) is 18.4 Å². The monoisotopic (exact) mass is 500 g/mol. The Labute approximate surface area is 213 Å². The van der Waals surface area contributed by atoms with Crippen LogP contribution in [0.25, 0.3) is 11.1 Å². The van der Waals surface area contributed by atoms with Crippen LogP contribution in [0.1, 0.15) is 51.2 Å². The topological polar surface area (TPSA) is 92.7 Å². The Hall–Kier alpha value is -4.14. The number of rotatable bonds is 4. The second kappa shape index (κ2) is 8.19. The summed E-state index contributed by atoms with van der Waals surface area (Å²) in [5.74, 6) is -1.22. The molecule has 1 aromatic carbocycles. The summed E-state index contributed by atoms with van der Waals surface area (Å²) in [7, 11) is 3.30. The highest BCUT2D eigenvalue weighted by Crippen LogP contribution is 2.53. The van der Waals surface area contributed by atoms with Crippen molar-refractivity contribution in [3.63, 3.8) is 0 Å². The minimum atomic E-state index is -0.905. The van der Waals surface area contributed by atoms with Gasteiger partial charge < -0.3 is 14.5 Å². The van der Waals surface area contributed by atoms with Gasteiger partial charge in [0, 0.05) is 62.3 Å². The molecule has 2 aliphatic heterocycles. The van der Waals surface area contributed by atoms with Gasteiger partial charge >= 0.3 is 5.97 Å². The first-order valence-corrected chi connectivity index (χ1v) is 12.2. The highest BCUT2D eigenvalue weighted by atomic mass is 19.1. The van der Waals surface area contributed by atoms with Gasteiger partial charge in [0.05, 0.1) is 17.5 Å². The van der Waals surface area contributed by atoms with Crippen molar-refractivity contribution in [3.05, 3.63) is 83.2 Å². The molecule has 0 N–H and O–H groups in total. The zero-order chi connectivity index (χ0) is 25.9. The van der Waals surface area contributed by atoms with Crippen LogP contribution >= 0.6 is 0 Å². The van der Waals surface area contributed by atoms with Crippen LogP contribution in [0.2, 0.25) is 0 Å². The highest BCUT2D eigenvalue weighted by Gasteiger charge is 2.58. The lowest BCUT2D eigenvalue weighted by atomic mass is 9.91. The minimum Gasteiger partial charge on any atom is -0.449 e. The van der Waals surface area contributed by atoms with Crippen LogP contribution in [0, 0.1) is 5.82 Å². The summed E-state index contributed by atoms with van der Waals surface area (Å²) in [4.78, 5) is 49.5. The summed E-state index contributed by atoms with van der Waals surface area (Å²) in [6.07, 6.45) is 6.29. The van der Waals surface area contributed by atoms with Crippen molar-refractivity contribution in [3.8, 4) is 11.1 Å². The number of esters is 1. The van der Waals surface area contributed by atoms with E-state index in [0.717, 1.165) is 5.56 Å². The van der Waals surface area contributed by atoms with Gasteiger partial charge in [-0.25, -0.2) is 9.18 Å². The Balaban J connectivity index is 1.23. The molecule has 3 aliphatic rings. The van der Waals surface area contributed by atoms with Crippen molar-refractivity contribution < 1.29 is 23.5 Å². The van der Waals surface area contributed by atoms with Crippen molar-refractivity contribution in [1.29, 1.82) is 0 Å². The molecule has 2 amide bonds. The van der Waals surface area contributed by atoms with E-state index in [1.807, 2.05) is 0 Å². The van der Waals surface area contributed by atoms with E-state index >= 15 is 4.39 Å². The summed E-state index contributed by atoms with van der Waals surface area (Å²) < 4.78 is 21.2. The number of aromatic nitrogens is 2. The molecule has 2 fully saturated rings. The van der Waals surface area contributed by atoms with Gasteiger partial charge in [-0.05, 0) is 36.6 Å². The fourth-order valence-electron chi connectivity index (χ4n) is 5.53. The number of benzene rings is 1. The number of nitrogens with zero attached hydrogens (tertiary/aromatic N) is 4. The zero-order valence-corrected chi connectivity index (χ0v) is 20.5. The molecule has 1 spiro atoms. The summed E-state index contributed by atoms with van der Waals surface area (Å²) in [5.41, 5.74) is 1.41. The smallest absolute Gasteiger partial charge is 0.341 e. The fraction of sp³-hybridized carbons (Fsp3) is 0.321. The number of amides is 2. The first-order valence-electron chi connectivity index (χ1n) is 12.2. The molecule has 1 atom stereocenters. The molecule has 0 unspecified atom stereocenters. The van der Waals surface area contributed by atoms with Crippen LogP contribution in [-0.2, 0) is 20.5 Å². The Morgan fingerprint density at radius 1 is 1.03 bits per heavy atom. The first kappa shape index (κ1) is 23.3. The SMILES string of the molecule is CN(C)C(=O)c1ccc(-c2ccc(C3(C(=O)N4CC[C@@]5(C4)OC(=O)c4cnccc45)CC3)c(F)c2)cn1. The molecule has 1 aliphatic carbocycles. The molecule has 0 bridgehead atoms. The van der Waals surface area contributed by atoms with Crippen molar-refractivity contribution >= 4 is 17.8 Å².